The van der Waals surface area contributed by atoms with E-state index in [9.17, 15) is 19.2 Å². The topological polar surface area (TPSA) is 111 Å². The van der Waals surface area contributed by atoms with Crippen LogP contribution in [0.5, 0.6) is 5.75 Å². The van der Waals surface area contributed by atoms with Gasteiger partial charge in [0.15, 0.2) is 6.61 Å². The van der Waals surface area contributed by atoms with Gasteiger partial charge in [-0.2, -0.15) is 0 Å². The van der Waals surface area contributed by atoms with Crippen LogP contribution in [-0.2, 0) is 23.9 Å². The van der Waals surface area contributed by atoms with Gasteiger partial charge in [0.05, 0.1) is 30.9 Å². The van der Waals surface area contributed by atoms with Crippen molar-refractivity contribution in [2.45, 2.75) is 19.8 Å². The molecule has 1 heterocycles. The van der Waals surface area contributed by atoms with Crippen LogP contribution in [0.1, 0.15) is 30.1 Å². The molecule has 0 unspecified atom stereocenters. The highest BCUT2D eigenvalue weighted by Gasteiger charge is 2.36. The average molecular weight is 454 g/mol. The summed E-state index contributed by atoms with van der Waals surface area (Å²) >= 11 is 0. The number of esters is 2. The zero-order chi connectivity index (χ0) is 23.8. The molecule has 0 radical (unpaired) electrons. The normalized spacial score (nSPS) is 15.2. The van der Waals surface area contributed by atoms with Crippen LogP contribution >= 0.6 is 0 Å². The van der Waals surface area contributed by atoms with Crippen molar-refractivity contribution in [3.63, 3.8) is 0 Å². The SMILES string of the molecule is CCCOC(=O)c1ccc(N2C[C@H](C(=O)OCC(=O)Nc3ccccc3OC)CC2=O)cc1. The summed E-state index contributed by atoms with van der Waals surface area (Å²) in [6.07, 6.45) is 0.707. The first-order valence-corrected chi connectivity index (χ1v) is 10.6. The third kappa shape index (κ3) is 6.09. The molecule has 2 aromatic rings. The van der Waals surface area contributed by atoms with Crippen molar-refractivity contribution in [1.82, 2.24) is 0 Å². The minimum atomic E-state index is -0.689. The van der Waals surface area contributed by atoms with Crippen molar-refractivity contribution in [3.8, 4) is 5.75 Å². The van der Waals surface area contributed by atoms with E-state index in [2.05, 4.69) is 5.32 Å². The fraction of sp³-hybridized carbons (Fsp3) is 0.333. The number of ether oxygens (including phenoxy) is 3. The summed E-state index contributed by atoms with van der Waals surface area (Å²) in [6.45, 7) is 1.90. The molecule has 0 bridgehead atoms. The van der Waals surface area contributed by atoms with Crippen LogP contribution in [0.3, 0.4) is 0 Å². The Balaban J connectivity index is 1.52. The number of carbonyl (C=O) groups is 4. The van der Waals surface area contributed by atoms with Gasteiger partial charge in [-0.1, -0.05) is 19.1 Å². The molecular formula is C24H26N2O7. The van der Waals surface area contributed by atoms with Crippen molar-refractivity contribution in [2.24, 2.45) is 5.92 Å². The van der Waals surface area contributed by atoms with Crippen molar-refractivity contribution in [1.29, 1.82) is 0 Å². The van der Waals surface area contributed by atoms with E-state index in [0.717, 1.165) is 6.42 Å². The van der Waals surface area contributed by atoms with E-state index >= 15 is 0 Å². The predicted molar refractivity (Wildman–Crippen MR) is 120 cm³/mol. The highest BCUT2D eigenvalue weighted by atomic mass is 16.5. The number of rotatable bonds is 9. The molecule has 0 aromatic heterocycles. The Kier molecular flexibility index (Phi) is 8.01. The minimum absolute atomic E-state index is 0.0206. The zero-order valence-corrected chi connectivity index (χ0v) is 18.5. The van der Waals surface area contributed by atoms with Gasteiger partial charge in [0, 0.05) is 18.7 Å². The second-order valence-electron chi connectivity index (χ2n) is 7.44. The van der Waals surface area contributed by atoms with Crippen molar-refractivity contribution < 1.29 is 33.4 Å². The molecule has 1 aliphatic rings. The van der Waals surface area contributed by atoms with Crippen molar-refractivity contribution in [3.05, 3.63) is 54.1 Å². The average Bonchev–Trinajstić information content (AvgIpc) is 3.23. The van der Waals surface area contributed by atoms with Crippen LogP contribution in [0, 0.1) is 5.92 Å². The maximum absolute atomic E-state index is 12.4. The molecule has 1 atom stereocenters. The minimum Gasteiger partial charge on any atom is -0.495 e. The van der Waals surface area contributed by atoms with Crippen molar-refractivity contribution in [2.75, 3.05) is 37.1 Å². The third-order valence-electron chi connectivity index (χ3n) is 5.04. The van der Waals surface area contributed by atoms with Gasteiger partial charge in [0.25, 0.3) is 5.91 Å². The van der Waals surface area contributed by atoms with E-state index in [-0.39, 0.29) is 18.9 Å². The first-order valence-electron chi connectivity index (χ1n) is 10.6. The van der Waals surface area contributed by atoms with E-state index in [1.807, 2.05) is 6.92 Å². The fourth-order valence-electron chi connectivity index (χ4n) is 3.36. The quantitative estimate of drug-likeness (QED) is 0.580. The van der Waals surface area contributed by atoms with Crippen LogP contribution in [0.2, 0.25) is 0 Å². The summed E-state index contributed by atoms with van der Waals surface area (Å²) in [7, 11) is 1.49. The molecule has 9 heteroatoms. The molecule has 2 amide bonds. The predicted octanol–water partition coefficient (Wildman–Crippen LogP) is 2.80. The number of carbonyl (C=O) groups excluding carboxylic acids is 4. The molecule has 3 rings (SSSR count). The van der Waals surface area contributed by atoms with E-state index in [0.29, 0.717) is 29.3 Å². The van der Waals surface area contributed by atoms with Gasteiger partial charge in [-0.3, -0.25) is 14.4 Å². The molecule has 1 saturated heterocycles. The molecule has 0 saturated carbocycles. The first-order chi connectivity index (χ1) is 15.9. The zero-order valence-electron chi connectivity index (χ0n) is 18.5. The monoisotopic (exact) mass is 454 g/mol. The molecule has 1 N–H and O–H groups in total. The molecule has 0 spiro atoms. The number of para-hydroxylation sites is 2. The first kappa shape index (κ1) is 23.8. The number of hydrogen-bond acceptors (Lipinski definition) is 7. The number of amides is 2. The lowest BCUT2D eigenvalue weighted by Gasteiger charge is -2.17. The summed E-state index contributed by atoms with van der Waals surface area (Å²) in [5, 5.41) is 2.62. The van der Waals surface area contributed by atoms with Gasteiger partial charge >= 0.3 is 11.9 Å². The Hall–Kier alpha value is -3.88. The lowest BCUT2D eigenvalue weighted by Crippen LogP contribution is -2.28. The number of methoxy groups -OCH3 is 1. The highest BCUT2D eigenvalue weighted by Crippen LogP contribution is 2.27. The molecule has 1 fully saturated rings. The largest absolute Gasteiger partial charge is 0.495 e. The van der Waals surface area contributed by atoms with E-state index in [1.165, 1.54) is 12.0 Å². The highest BCUT2D eigenvalue weighted by molar-refractivity contribution is 6.00. The number of anilines is 2. The van der Waals surface area contributed by atoms with E-state index in [4.69, 9.17) is 14.2 Å². The Morgan fingerprint density at radius 1 is 1.06 bits per heavy atom. The standard InChI is InChI=1S/C24H26N2O7/c1-3-12-32-23(29)16-8-10-18(11-9-16)26-14-17(13-22(26)28)24(30)33-15-21(27)25-19-6-4-5-7-20(19)31-2/h4-11,17H,3,12-15H2,1-2H3,(H,25,27)/t17-/m1/s1. The van der Waals surface area contributed by atoms with E-state index in [1.54, 1.807) is 48.5 Å². The van der Waals surface area contributed by atoms with Crippen LogP contribution in [0.4, 0.5) is 11.4 Å². The fourth-order valence-corrected chi connectivity index (χ4v) is 3.36. The Morgan fingerprint density at radius 2 is 1.79 bits per heavy atom. The number of benzene rings is 2. The van der Waals surface area contributed by atoms with Gasteiger partial charge < -0.3 is 24.4 Å². The van der Waals surface area contributed by atoms with Crippen molar-refractivity contribution >= 4 is 35.1 Å². The van der Waals surface area contributed by atoms with Gasteiger partial charge in [0.2, 0.25) is 5.91 Å². The van der Waals surface area contributed by atoms with Crippen LogP contribution in [0.15, 0.2) is 48.5 Å². The molecule has 1 aliphatic heterocycles. The maximum atomic E-state index is 12.4. The number of hydrogen-bond donors (Lipinski definition) is 1. The van der Waals surface area contributed by atoms with E-state index < -0.39 is 30.4 Å². The molecular weight excluding hydrogens is 428 g/mol. The summed E-state index contributed by atoms with van der Waals surface area (Å²) in [4.78, 5) is 50.4. The lowest BCUT2D eigenvalue weighted by atomic mass is 10.1. The smallest absolute Gasteiger partial charge is 0.338 e. The third-order valence-corrected chi connectivity index (χ3v) is 5.04. The summed E-state index contributed by atoms with van der Waals surface area (Å²) in [6, 6.07) is 13.3. The Morgan fingerprint density at radius 3 is 2.48 bits per heavy atom. The summed E-state index contributed by atoms with van der Waals surface area (Å²) < 4.78 is 15.4. The van der Waals surface area contributed by atoms with Crippen LogP contribution in [-0.4, -0.2) is 50.6 Å². The summed E-state index contributed by atoms with van der Waals surface area (Å²) in [5.74, 6) is -2.01. The van der Waals surface area contributed by atoms with Gasteiger partial charge in [-0.15, -0.1) is 0 Å². The summed E-state index contributed by atoms with van der Waals surface area (Å²) in [5.41, 5.74) is 1.41. The Labute approximate surface area is 191 Å². The van der Waals surface area contributed by atoms with Crippen LogP contribution in [0.25, 0.3) is 0 Å². The molecule has 174 valence electrons. The second-order valence-corrected chi connectivity index (χ2v) is 7.44. The molecule has 33 heavy (non-hydrogen) atoms. The molecule has 9 nitrogen and oxygen atoms in total. The lowest BCUT2D eigenvalue weighted by molar-refractivity contribution is -0.151. The number of nitrogens with zero attached hydrogens (tertiary/aromatic N) is 1. The van der Waals surface area contributed by atoms with Gasteiger partial charge in [-0.05, 0) is 42.8 Å². The van der Waals surface area contributed by atoms with Gasteiger partial charge in [-0.25, -0.2) is 4.79 Å². The molecule has 0 aliphatic carbocycles. The number of nitrogens with one attached hydrogen (secondary N) is 1. The molecule has 2 aromatic carbocycles. The second kappa shape index (κ2) is 11.1. The Bertz CT molecular complexity index is 1020. The van der Waals surface area contributed by atoms with Crippen LogP contribution < -0.4 is 15.0 Å². The maximum Gasteiger partial charge on any atom is 0.338 e. The van der Waals surface area contributed by atoms with Gasteiger partial charge in [0.1, 0.15) is 5.75 Å².